The topological polar surface area (TPSA) is 106 Å². The Hall–Kier alpha value is -2.73. The van der Waals surface area contributed by atoms with Crippen LogP contribution in [0.25, 0.3) is 0 Å². The van der Waals surface area contributed by atoms with Crippen LogP contribution in [0.15, 0.2) is 46.4 Å². The molecule has 0 saturated carbocycles. The quantitative estimate of drug-likeness (QED) is 0.102. The third-order valence-electron chi connectivity index (χ3n) is 8.17. The minimum Gasteiger partial charge on any atom is -0.384 e. The Morgan fingerprint density at radius 2 is 0.614 bits per heavy atom. The average Bonchev–Trinajstić information content (AvgIpc) is 3.03. The molecule has 4 unspecified atom stereocenters. The summed E-state index contributed by atoms with van der Waals surface area (Å²) in [5, 5.41) is 32.5. The van der Waals surface area contributed by atoms with Gasteiger partial charge in [-0.2, -0.15) is 52.7 Å². The van der Waals surface area contributed by atoms with Crippen molar-refractivity contribution in [2.45, 2.75) is 155 Å². The average molecular weight is 888 g/mol. The maximum absolute atomic E-state index is 11.5. The molecule has 2 rings (SSSR count). The normalized spacial score (nSPS) is 15.4. The Balaban J connectivity index is 0. The van der Waals surface area contributed by atoms with Crippen LogP contribution in [-0.2, 0) is 16.5 Å². The molecule has 0 spiro atoms. The summed E-state index contributed by atoms with van der Waals surface area (Å²) in [7, 11) is 0. The van der Waals surface area contributed by atoms with E-state index in [1.165, 1.54) is 22.3 Å². The van der Waals surface area contributed by atoms with Crippen LogP contribution < -0.4 is 0 Å². The molecule has 57 heavy (non-hydrogen) atoms. The van der Waals surface area contributed by atoms with E-state index < -0.39 is 62.0 Å². The second-order valence-corrected chi connectivity index (χ2v) is 14.3. The first-order valence-electron chi connectivity index (χ1n) is 17.5. The molecule has 0 aromatic heterocycles. The number of hydrogen-bond donors (Lipinski definition) is 4. The van der Waals surface area contributed by atoms with Crippen LogP contribution in [0.5, 0.6) is 0 Å². The van der Waals surface area contributed by atoms with Gasteiger partial charge in [0.05, 0.1) is 22.8 Å². The van der Waals surface area contributed by atoms with E-state index in [2.05, 4.69) is 106 Å². The molecule has 0 bridgehead atoms. The molecule has 0 aliphatic carbocycles. The number of hydrogen-bond acceptors (Lipinski definition) is 6. The molecule has 19 heteroatoms. The zero-order chi connectivity index (χ0) is 44.3. The summed E-state index contributed by atoms with van der Waals surface area (Å²) >= 11 is 0. The Bertz CT molecular complexity index is 1360. The van der Waals surface area contributed by atoms with Crippen molar-refractivity contribution in [3.63, 3.8) is 0 Å². The van der Waals surface area contributed by atoms with Crippen LogP contribution in [0.2, 0.25) is 0 Å². The molecule has 0 amide bonds. The largest absolute Gasteiger partial charge is 0.414 e. The van der Waals surface area contributed by atoms with Crippen molar-refractivity contribution in [1.29, 1.82) is 0 Å². The first-order chi connectivity index (χ1) is 25.1. The van der Waals surface area contributed by atoms with Gasteiger partial charge in [-0.15, -0.1) is 0 Å². The number of aliphatic hydroxyl groups excluding tert-OH is 4. The van der Waals surface area contributed by atoms with Gasteiger partial charge >= 0.3 is 24.7 Å². The molecule has 332 valence electrons. The zero-order valence-electron chi connectivity index (χ0n) is 33.0. The SMILES string of the molecule is CC(=Nc1c(C(C)C)cccc1C(C)C)C(C)=Nc1c(C(C)C)cccc1C(C)C.OC(CC(O)C(F)(F)F)C(F)(F)F.OC(CC(O)C(F)(F)F)C(F)(F)F.[Ni]. The van der Waals surface area contributed by atoms with E-state index in [1.807, 2.05) is 0 Å². The van der Waals surface area contributed by atoms with Crippen molar-refractivity contribution in [3.05, 3.63) is 58.7 Å². The summed E-state index contributed by atoms with van der Waals surface area (Å²) < 4.78 is 138. The summed E-state index contributed by atoms with van der Waals surface area (Å²) in [6.45, 7) is 22.1. The first kappa shape index (κ1) is 56.4. The van der Waals surface area contributed by atoms with Gasteiger partial charge < -0.3 is 20.4 Å². The third kappa shape index (κ3) is 19.3. The van der Waals surface area contributed by atoms with E-state index in [9.17, 15) is 52.7 Å². The summed E-state index contributed by atoms with van der Waals surface area (Å²) in [5.41, 5.74) is 9.43. The standard InChI is InChI=1S/C28H40N2.2C5H6F6O2.Ni/c1-17(2)23-13-11-14-24(18(3)4)27(23)29-21(9)22(10)30-28-25(19(5)6)15-12-16-26(28)20(7)8;2*6-4(7,8)2(12)1-3(13)5(9,10)11;/h11-20H,1-10H3;2*2-3,12-13H,1H2;. The van der Waals surface area contributed by atoms with Crippen molar-refractivity contribution in [2.75, 3.05) is 0 Å². The van der Waals surface area contributed by atoms with E-state index in [1.54, 1.807) is 0 Å². The summed E-state index contributed by atoms with van der Waals surface area (Å²) in [6.07, 6.45) is -36.8. The molecule has 4 atom stereocenters. The van der Waals surface area contributed by atoms with Crippen LogP contribution in [-0.4, -0.2) is 81.0 Å². The smallest absolute Gasteiger partial charge is 0.384 e. The maximum atomic E-state index is 11.5. The molecule has 0 aliphatic heterocycles. The molecular weight excluding hydrogens is 835 g/mol. The number of halogens is 12. The number of aliphatic hydroxyl groups is 4. The molecule has 0 fully saturated rings. The molecule has 2 aromatic rings. The van der Waals surface area contributed by atoms with Gasteiger partial charge in [0.2, 0.25) is 0 Å². The van der Waals surface area contributed by atoms with Crippen LogP contribution in [0.3, 0.4) is 0 Å². The summed E-state index contributed by atoms with van der Waals surface area (Å²) in [5.74, 6) is 1.73. The minimum absolute atomic E-state index is 0. The van der Waals surface area contributed by atoms with E-state index in [-0.39, 0.29) is 16.5 Å². The van der Waals surface area contributed by atoms with Gasteiger partial charge in [0.15, 0.2) is 24.4 Å². The fourth-order valence-electron chi connectivity index (χ4n) is 4.74. The molecule has 6 nitrogen and oxygen atoms in total. The van der Waals surface area contributed by atoms with Gasteiger partial charge in [-0.25, -0.2) is 0 Å². The van der Waals surface area contributed by atoms with Gasteiger partial charge in [-0.1, -0.05) is 91.8 Å². The molecule has 0 aliphatic rings. The third-order valence-corrected chi connectivity index (χ3v) is 8.17. The summed E-state index contributed by atoms with van der Waals surface area (Å²) in [4.78, 5) is 10.3. The van der Waals surface area contributed by atoms with Crippen LogP contribution in [0.4, 0.5) is 64.1 Å². The Morgan fingerprint density at radius 1 is 0.439 bits per heavy atom. The minimum atomic E-state index is -5.15. The van der Waals surface area contributed by atoms with E-state index in [0.29, 0.717) is 23.7 Å². The van der Waals surface area contributed by atoms with E-state index >= 15 is 0 Å². The van der Waals surface area contributed by atoms with Gasteiger partial charge in [-0.3, -0.25) is 9.98 Å². The Labute approximate surface area is 335 Å². The monoisotopic (exact) mass is 886 g/mol. The van der Waals surface area contributed by atoms with Gasteiger partial charge in [0, 0.05) is 29.3 Å². The molecule has 0 heterocycles. The van der Waals surface area contributed by atoms with Crippen molar-refractivity contribution >= 4 is 22.8 Å². The maximum Gasteiger partial charge on any atom is 0.414 e. The Kier molecular flexibility index (Phi) is 22.9. The van der Waals surface area contributed by atoms with E-state index in [0.717, 1.165) is 22.8 Å². The number of aliphatic imine (C=N–C) groups is 2. The molecular formula is C38H52F12N2NiO4. The van der Waals surface area contributed by atoms with Crippen molar-refractivity contribution < 1.29 is 89.6 Å². The van der Waals surface area contributed by atoms with Crippen molar-refractivity contribution in [2.24, 2.45) is 9.98 Å². The molecule has 2 aromatic carbocycles. The second-order valence-electron chi connectivity index (χ2n) is 14.3. The number of nitrogens with zero attached hydrogens (tertiary/aromatic N) is 2. The van der Waals surface area contributed by atoms with Crippen molar-refractivity contribution in [1.82, 2.24) is 0 Å². The second kappa shape index (κ2) is 23.2. The van der Waals surface area contributed by atoms with Gasteiger partial charge in [0.25, 0.3) is 0 Å². The predicted molar refractivity (Wildman–Crippen MR) is 192 cm³/mol. The Morgan fingerprint density at radius 3 is 0.754 bits per heavy atom. The van der Waals surface area contributed by atoms with Crippen LogP contribution >= 0.6 is 0 Å². The van der Waals surface area contributed by atoms with Crippen LogP contribution in [0, 0.1) is 0 Å². The number of rotatable bonds is 11. The zero-order valence-corrected chi connectivity index (χ0v) is 34.0. The van der Waals surface area contributed by atoms with Crippen LogP contribution in [0.1, 0.15) is 128 Å². The molecule has 0 saturated heterocycles. The number of para-hydroxylation sites is 2. The van der Waals surface area contributed by atoms with E-state index in [4.69, 9.17) is 30.4 Å². The fourth-order valence-corrected chi connectivity index (χ4v) is 4.74. The predicted octanol–water partition coefficient (Wildman–Crippen LogP) is 11.5. The number of benzene rings is 2. The van der Waals surface area contributed by atoms with Gasteiger partial charge in [0.1, 0.15) is 0 Å². The number of alkyl halides is 12. The summed E-state index contributed by atoms with van der Waals surface area (Å²) in [6, 6.07) is 13.2. The van der Waals surface area contributed by atoms with Gasteiger partial charge in [-0.05, 0) is 59.8 Å². The fraction of sp³-hybridized carbons (Fsp3) is 0.632. The molecule has 4 N–H and O–H groups in total. The van der Waals surface area contributed by atoms with Crippen molar-refractivity contribution in [3.8, 4) is 0 Å². The molecule has 0 radical (unpaired) electrons. The first-order valence-corrected chi connectivity index (χ1v) is 17.5.